The number of imide groups is 1. The van der Waals surface area contributed by atoms with Gasteiger partial charge in [0.1, 0.15) is 24.0 Å². The molecule has 1 aromatic heterocycles. The Bertz CT molecular complexity index is 2260. The zero-order valence-corrected chi connectivity index (χ0v) is 27.0. The second-order valence-corrected chi connectivity index (χ2v) is 14.2. The van der Waals surface area contributed by atoms with Gasteiger partial charge >= 0.3 is 15.9 Å². The number of nitrogens with zero attached hydrogens (tertiary/aromatic N) is 4. The number of benzene rings is 3. The molecule has 1 atom stereocenters. The van der Waals surface area contributed by atoms with Crippen molar-refractivity contribution in [2.75, 3.05) is 34.2 Å². The van der Waals surface area contributed by atoms with Crippen LogP contribution in [0.15, 0.2) is 47.3 Å². The maximum Gasteiger partial charge on any atom is 0.329 e. The summed E-state index contributed by atoms with van der Waals surface area (Å²) < 4.78 is 45.0. The number of carbonyl (C=O) groups is 4. The quantitative estimate of drug-likeness (QED) is 0.218. The molecule has 0 unspecified atom stereocenters. The van der Waals surface area contributed by atoms with E-state index in [0.29, 0.717) is 34.1 Å². The molecule has 0 spiro atoms. The van der Waals surface area contributed by atoms with Gasteiger partial charge in [-0.15, -0.1) is 0 Å². The molecule has 4 N–H and O–H groups in total. The van der Waals surface area contributed by atoms with Crippen molar-refractivity contribution in [3.8, 4) is 5.75 Å². The van der Waals surface area contributed by atoms with Crippen LogP contribution in [0.2, 0.25) is 0 Å². The summed E-state index contributed by atoms with van der Waals surface area (Å²) in [5.74, 6) is -3.52. The van der Waals surface area contributed by atoms with Crippen molar-refractivity contribution in [2.45, 2.75) is 38.1 Å². The maximum atomic E-state index is 15.4. The van der Waals surface area contributed by atoms with Crippen molar-refractivity contribution in [1.29, 1.82) is 0 Å². The number of anilines is 3. The summed E-state index contributed by atoms with van der Waals surface area (Å²) in [7, 11) is -2.69. The fourth-order valence-electron chi connectivity index (χ4n) is 6.95. The molecule has 0 radical (unpaired) electrons. The molecule has 4 aromatic rings. The predicted molar refractivity (Wildman–Crippen MR) is 177 cm³/mol. The first-order chi connectivity index (χ1) is 23.3. The number of aromatic hydroxyl groups is 1. The number of hydrogen-bond acceptors (Lipinski definition) is 9. The molecule has 7 rings (SSSR count). The average Bonchev–Trinajstić information content (AvgIpc) is 3.46. The molecule has 3 saturated heterocycles. The van der Waals surface area contributed by atoms with E-state index in [1.165, 1.54) is 33.4 Å². The van der Waals surface area contributed by atoms with Gasteiger partial charge in [-0.3, -0.25) is 33.6 Å². The second-order valence-electron chi connectivity index (χ2n) is 12.6. The molecule has 3 aromatic carbocycles. The van der Waals surface area contributed by atoms with Crippen LogP contribution in [0.3, 0.4) is 0 Å². The number of phenolic OH excluding ortho intramolecular Hbond substituents is 1. The van der Waals surface area contributed by atoms with E-state index in [1.54, 1.807) is 11.8 Å². The Kier molecular flexibility index (Phi) is 7.80. The summed E-state index contributed by atoms with van der Waals surface area (Å²) in [5, 5.41) is 15.8. The number of fused-ring (bicyclic) bond motifs is 2. The van der Waals surface area contributed by atoms with Gasteiger partial charge in [0.15, 0.2) is 5.82 Å². The van der Waals surface area contributed by atoms with Crippen LogP contribution in [-0.2, 0) is 36.4 Å². The largest absolute Gasteiger partial charge is 0.506 e. The summed E-state index contributed by atoms with van der Waals surface area (Å²) in [6, 6.07) is 10.4. The van der Waals surface area contributed by atoms with Gasteiger partial charge in [0.2, 0.25) is 17.7 Å². The van der Waals surface area contributed by atoms with E-state index < -0.39 is 51.9 Å². The van der Waals surface area contributed by atoms with Crippen LogP contribution < -0.4 is 30.3 Å². The monoisotopic (exact) mass is 693 g/mol. The average molecular weight is 694 g/mol. The van der Waals surface area contributed by atoms with Gasteiger partial charge in [-0.2, -0.15) is 8.42 Å². The highest BCUT2D eigenvalue weighted by molar-refractivity contribution is 7.92. The summed E-state index contributed by atoms with van der Waals surface area (Å²) >= 11 is 0. The Balaban J connectivity index is 0.995. The molecule has 4 amide bonds. The predicted octanol–water partition coefficient (Wildman–Crippen LogP) is 1.74. The van der Waals surface area contributed by atoms with Crippen molar-refractivity contribution in [1.82, 2.24) is 19.2 Å². The molecular weight excluding hydrogens is 661 g/mol. The molecule has 17 heteroatoms. The highest BCUT2D eigenvalue weighted by atomic mass is 32.2. The van der Waals surface area contributed by atoms with Gasteiger partial charge in [0.05, 0.1) is 11.0 Å². The van der Waals surface area contributed by atoms with Gasteiger partial charge in [-0.1, -0.05) is 0 Å². The second kappa shape index (κ2) is 11.9. The lowest BCUT2D eigenvalue weighted by molar-refractivity contribution is -0.135. The van der Waals surface area contributed by atoms with Crippen LogP contribution >= 0.6 is 0 Å². The molecule has 256 valence electrons. The Hall–Kier alpha value is -5.45. The van der Waals surface area contributed by atoms with Crippen LogP contribution in [0.25, 0.3) is 21.8 Å². The van der Waals surface area contributed by atoms with Crippen LogP contribution in [0.5, 0.6) is 5.75 Å². The van der Waals surface area contributed by atoms with E-state index in [4.69, 9.17) is 0 Å². The zero-order chi connectivity index (χ0) is 34.8. The minimum Gasteiger partial charge on any atom is -0.506 e. The standard InChI is InChI=1S/C32H32FN7O8S/c1-37-24-15-20(3-5-22(24)40(32(37)46)23-6-7-26(42)35-31(23)45)38-10-8-17(9-11-38)12-27(43)34-19-2-4-21-18(13-19)14-25(41)30(29(21)33)39-16-28(44)36-49(39,47)48/h2-5,13-15,17,23,41H,6-12,16H2,1H3,(H,34,43)(H,36,44)(H,35,42,45)/t23-/m1/s1. The maximum absolute atomic E-state index is 15.4. The van der Waals surface area contributed by atoms with Crippen LogP contribution in [0, 0.1) is 11.7 Å². The summed E-state index contributed by atoms with van der Waals surface area (Å²) in [6.45, 7) is 0.689. The van der Waals surface area contributed by atoms with E-state index >= 15 is 4.39 Å². The van der Waals surface area contributed by atoms with E-state index in [0.717, 1.165) is 18.5 Å². The molecule has 4 heterocycles. The third-order valence-electron chi connectivity index (χ3n) is 9.43. The topological polar surface area (TPSA) is 192 Å². The Morgan fingerprint density at radius 2 is 1.76 bits per heavy atom. The van der Waals surface area contributed by atoms with Crippen LogP contribution in [-0.4, -0.2) is 65.9 Å². The number of halogens is 1. The first-order valence-electron chi connectivity index (χ1n) is 15.7. The molecule has 0 saturated carbocycles. The highest BCUT2D eigenvalue weighted by Gasteiger charge is 2.38. The van der Waals surface area contributed by atoms with Crippen molar-refractivity contribution in [3.63, 3.8) is 0 Å². The lowest BCUT2D eigenvalue weighted by Crippen LogP contribution is -2.44. The number of carbonyl (C=O) groups excluding carboxylic acids is 4. The highest BCUT2D eigenvalue weighted by Crippen LogP contribution is 2.39. The third kappa shape index (κ3) is 5.72. The zero-order valence-electron chi connectivity index (χ0n) is 26.2. The van der Waals surface area contributed by atoms with Gasteiger partial charge in [0.25, 0.3) is 5.91 Å². The molecule has 49 heavy (non-hydrogen) atoms. The van der Waals surface area contributed by atoms with Crippen LogP contribution in [0.4, 0.5) is 21.5 Å². The smallest absolute Gasteiger partial charge is 0.329 e. The third-order valence-corrected chi connectivity index (χ3v) is 10.8. The van der Waals surface area contributed by atoms with Crippen LogP contribution in [0.1, 0.15) is 38.1 Å². The SMILES string of the molecule is Cn1c(=O)n([C@@H]2CCC(=O)NC2=O)c2ccc(N3CCC(CC(=O)Nc4ccc5c(F)c(N6CC(=O)NS6(=O)=O)c(O)cc5c4)CC3)cc21. The molecule has 15 nitrogen and oxygen atoms in total. The number of amides is 4. The number of hydrogen-bond donors (Lipinski definition) is 4. The number of phenols is 1. The molecule has 3 aliphatic heterocycles. The van der Waals surface area contributed by atoms with Gasteiger partial charge in [-0.05, 0) is 73.0 Å². The minimum atomic E-state index is -4.34. The first kappa shape index (κ1) is 32.1. The van der Waals surface area contributed by atoms with Gasteiger partial charge < -0.3 is 15.3 Å². The number of rotatable bonds is 6. The molecule has 0 bridgehead atoms. The van der Waals surface area contributed by atoms with E-state index in [2.05, 4.69) is 15.5 Å². The molecule has 3 aliphatic rings. The molecule has 3 fully saturated rings. The fourth-order valence-corrected chi connectivity index (χ4v) is 8.11. The Morgan fingerprint density at radius 1 is 1.00 bits per heavy atom. The number of imidazole rings is 1. The first-order valence-corrected chi connectivity index (χ1v) is 17.1. The molecule has 0 aliphatic carbocycles. The van der Waals surface area contributed by atoms with E-state index in [-0.39, 0.29) is 53.5 Å². The summed E-state index contributed by atoms with van der Waals surface area (Å²) in [6.07, 6.45) is 2.14. The van der Waals surface area contributed by atoms with E-state index in [1.807, 2.05) is 18.2 Å². The number of aryl methyl sites for hydroxylation is 1. The van der Waals surface area contributed by atoms with Crippen molar-refractivity contribution in [2.24, 2.45) is 13.0 Å². The lowest BCUT2D eigenvalue weighted by Gasteiger charge is -2.33. The Morgan fingerprint density at radius 3 is 2.45 bits per heavy atom. The fraction of sp³-hybridized carbons (Fsp3) is 0.344. The van der Waals surface area contributed by atoms with Crippen molar-refractivity contribution < 1.29 is 37.1 Å². The lowest BCUT2D eigenvalue weighted by atomic mass is 9.93. The normalized spacial score (nSPS) is 19.8. The van der Waals surface area contributed by atoms with Crippen molar-refractivity contribution >= 4 is 72.7 Å². The minimum absolute atomic E-state index is 0.00137. The van der Waals surface area contributed by atoms with E-state index in [9.17, 15) is 37.5 Å². The van der Waals surface area contributed by atoms with Gasteiger partial charge in [0, 0.05) is 49.7 Å². The number of aromatic nitrogens is 2. The number of nitrogens with one attached hydrogen (secondary N) is 3. The van der Waals surface area contributed by atoms with Gasteiger partial charge in [-0.25, -0.2) is 18.2 Å². The number of piperidine rings is 2. The van der Waals surface area contributed by atoms with Crippen molar-refractivity contribution in [3.05, 3.63) is 58.8 Å². The summed E-state index contributed by atoms with van der Waals surface area (Å²) in [5.41, 5.74) is 1.59. The molecular formula is C32H32FN7O8S. The Labute approximate surface area is 278 Å². The summed E-state index contributed by atoms with van der Waals surface area (Å²) in [4.78, 5) is 64.0.